The third-order valence-electron chi connectivity index (χ3n) is 2.55. The molecule has 0 aliphatic carbocycles. The van der Waals surface area contributed by atoms with Crippen LogP contribution in [0, 0.1) is 20.8 Å². The minimum atomic E-state index is -0.107. The van der Waals surface area contributed by atoms with Crippen molar-refractivity contribution in [2.45, 2.75) is 20.8 Å². The van der Waals surface area contributed by atoms with E-state index < -0.39 is 0 Å². The van der Waals surface area contributed by atoms with Gasteiger partial charge in [0, 0.05) is 17.5 Å². The quantitative estimate of drug-likeness (QED) is 0.788. The van der Waals surface area contributed by atoms with E-state index >= 15 is 0 Å². The second-order valence-corrected chi connectivity index (χ2v) is 3.85. The summed E-state index contributed by atoms with van der Waals surface area (Å²) in [5.41, 5.74) is 3.04. The predicted octanol–water partition coefficient (Wildman–Crippen LogP) is 1.76. The van der Waals surface area contributed by atoms with Gasteiger partial charge in [-0.15, -0.1) is 0 Å². The minimum absolute atomic E-state index is 0.107. The SMILES string of the molecule is Cc1ccc(-c2nc(C)c(C)c(=O)[nH]2)nc1. The molecule has 2 aromatic heterocycles. The van der Waals surface area contributed by atoms with Gasteiger partial charge in [-0.25, -0.2) is 4.98 Å². The van der Waals surface area contributed by atoms with Gasteiger partial charge >= 0.3 is 0 Å². The number of hydrogen-bond donors (Lipinski definition) is 1. The van der Waals surface area contributed by atoms with Gasteiger partial charge in [0.05, 0.1) is 0 Å². The largest absolute Gasteiger partial charge is 0.305 e. The molecule has 82 valence electrons. The summed E-state index contributed by atoms with van der Waals surface area (Å²) >= 11 is 0. The van der Waals surface area contributed by atoms with Crippen LogP contribution >= 0.6 is 0 Å². The Hall–Kier alpha value is -1.97. The van der Waals surface area contributed by atoms with Crippen LogP contribution in [-0.4, -0.2) is 15.0 Å². The first-order valence-corrected chi connectivity index (χ1v) is 5.08. The normalized spacial score (nSPS) is 10.4. The molecule has 0 aromatic carbocycles. The maximum atomic E-state index is 11.6. The number of H-pyrrole nitrogens is 1. The van der Waals surface area contributed by atoms with Crippen LogP contribution in [-0.2, 0) is 0 Å². The maximum absolute atomic E-state index is 11.6. The van der Waals surface area contributed by atoms with Crippen molar-refractivity contribution in [2.75, 3.05) is 0 Å². The maximum Gasteiger partial charge on any atom is 0.254 e. The van der Waals surface area contributed by atoms with Crippen LogP contribution in [0.3, 0.4) is 0 Å². The lowest BCUT2D eigenvalue weighted by Gasteiger charge is -2.03. The number of hydrogen-bond acceptors (Lipinski definition) is 3. The Bertz CT molecular complexity index is 570. The lowest BCUT2D eigenvalue weighted by atomic mass is 10.2. The number of aromatic nitrogens is 3. The van der Waals surface area contributed by atoms with Crippen LogP contribution in [0.25, 0.3) is 11.5 Å². The van der Waals surface area contributed by atoms with Crippen molar-refractivity contribution in [3.05, 3.63) is 45.5 Å². The third kappa shape index (κ3) is 1.86. The van der Waals surface area contributed by atoms with E-state index in [4.69, 9.17) is 0 Å². The van der Waals surface area contributed by atoms with E-state index in [-0.39, 0.29) is 5.56 Å². The standard InChI is InChI=1S/C12H13N3O/c1-7-4-5-10(13-6-7)11-14-9(3)8(2)12(16)15-11/h4-6H,1-3H3,(H,14,15,16). The molecule has 4 heteroatoms. The first-order chi connectivity index (χ1) is 7.58. The molecule has 0 aliphatic rings. The molecule has 0 aliphatic heterocycles. The average molecular weight is 215 g/mol. The molecule has 0 atom stereocenters. The van der Waals surface area contributed by atoms with Crippen LogP contribution in [0.4, 0.5) is 0 Å². The van der Waals surface area contributed by atoms with Gasteiger partial charge in [0.25, 0.3) is 5.56 Å². The van der Waals surface area contributed by atoms with Crippen molar-refractivity contribution in [2.24, 2.45) is 0 Å². The summed E-state index contributed by atoms with van der Waals surface area (Å²) in [6.45, 7) is 5.54. The molecule has 0 radical (unpaired) electrons. The van der Waals surface area contributed by atoms with E-state index in [1.807, 2.05) is 26.0 Å². The van der Waals surface area contributed by atoms with Gasteiger partial charge in [0.15, 0.2) is 5.82 Å². The lowest BCUT2D eigenvalue weighted by molar-refractivity contribution is 1.02. The van der Waals surface area contributed by atoms with E-state index in [0.717, 1.165) is 11.3 Å². The molecule has 2 aromatic rings. The number of aromatic amines is 1. The molecule has 0 saturated carbocycles. The molecule has 0 bridgehead atoms. The van der Waals surface area contributed by atoms with Crippen LogP contribution in [0.15, 0.2) is 23.1 Å². The minimum Gasteiger partial charge on any atom is -0.305 e. The van der Waals surface area contributed by atoms with Crippen LogP contribution < -0.4 is 5.56 Å². The molecule has 0 amide bonds. The summed E-state index contributed by atoms with van der Waals surface area (Å²) in [6.07, 6.45) is 1.75. The van der Waals surface area contributed by atoms with Gasteiger partial charge in [-0.1, -0.05) is 6.07 Å². The first kappa shape index (κ1) is 10.5. The number of rotatable bonds is 1. The van der Waals surface area contributed by atoms with Gasteiger partial charge < -0.3 is 4.98 Å². The highest BCUT2D eigenvalue weighted by Gasteiger charge is 2.06. The van der Waals surface area contributed by atoms with E-state index in [2.05, 4.69) is 15.0 Å². The van der Waals surface area contributed by atoms with E-state index in [1.165, 1.54) is 0 Å². The highest BCUT2D eigenvalue weighted by molar-refractivity contribution is 5.49. The second-order valence-electron chi connectivity index (χ2n) is 3.85. The summed E-state index contributed by atoms with van der Waals surface area (Å²) in [4.78, 5) is 22.8. The zero-order valence-corrected chi connectivity index (χ0v) is 9.53. The Morgan fingerprint density at radius 1 is 1.19 bits per heavy atom. The van der Waals surface area contributed by atoms with Crippen molar-refractivity contribution < 1.29 is 0 Å². The zero-order chi connectivity index (χ0) is 11.7. The van der Waals surface area contributed by atoms with Crippen molar-refractivity contribution in [1.29, 1.82) is 0 Å². The molecular formula is C12H13N3O. The molecule has 2 heterocycles. The van der Waals surface area contributed by atoms with E-state index in [9.17, 15) is 4.79 Å². The summed E-state index contributed by atoms with van der Waals surface area (Å²) < 4.78 is 0. The monoisotopic (exact) mass is 215 g/mol. The molecule has 1 N–H and O–H groups in total. The summed E-state index contributed by atoms with van der Waals surface area (Å²) in [5.74, 6) is 0.521. The molecule has 0 saturated heterocycles. The van der Waals surface area contributed by atoms with Crippen molar-refractivity contribution >= 4 is 0 Å². The smallest absolute Gasteiger partial charge is 0.254 e. The average Bonchev–Trinajstić information content (AvgIpc) is 2.26. The summed E-state index contributed by atoms with van der Waals surface area (Å²) in [7, 11) is 0. The van der Waals surface area contributed by atoms with Crippen LogP contribution in [0.5, 0.6) is 0 Å². The van der Waals surface area contributed by atoms with Crippen molar-refractivity contribution in [3.63, 3.8) is 0 Å². The fraction of sp³-hybridized carbons (Fsp3) is 0.250. The first-order valence-electron chi connectivity index (χ1n) is 5.08. The third-order valence-corrected chi connectivity index (χ3v) is 2.55. The predicted molar refractivity (Wildman–Crippen MR) is 62.3 cm³/mol. The molecule has 0 fully saturated rings. The van der Waals surface area contributed by atoms with Gasteiger partial charge in [0.1, 0.15) is 5.69 Å². The lowest BCUT2D eigenvalue weighted by Crippen LogP contribution is -2.14. The van der Waals surface area contributed by atoms with Gasteiger partial charge in [-0.3, -0.25) is 9.78 Å². The molecule has 0 spiro atoms. The Kier molecular flexibility index (Phi) is 2.56. The Morgan fingerprint density at radius 3 is 2.50 bits per heavy atom. The summed E-state index contributed by atoms with van der Waals surface area (Å²) in [5, 5.41) is 0. The van der Waals surface area contributed by atoms with Gasteiger partial charge in [-0.05, 0) is 32.4 Å². The highest BCUT2D eigenvalue weighted by atomic mass is 16.1. The summed E-state index contributed by atoms with van der Waals surface area (Å²) in [6, 6.07) is 3.79. The number of nitrogens with zero attached hydrogens (tertiary/aromatic N) is 2. The fourth-order valence-corrected chi connectivity index (χ4v) is 1.37. The number of nitrogens with one attached hydrogen (secondary N) is 1. The number of aryl methyl sites for hydroxylation is 2. The van der Waals surface area contributed by atoms with Gasteiger partial charge in [-0.2, -0.15) is 0 Å². The highest BCUT2D eigenvalue weighted by Crippen LogP contribution is 2.11. The topological polar surface area (TPSA) is 58.6 Å². The Labute approximate surface area is 93.4 Å². The van der Waals surface area contributed by atoms with E-state index in [0.29, 0.717) is 17.1 Å². The fourth-order valence-electron chi connectivity index (χ4n) is 1.37. The molecule has 4 nitrogen and oxygen atoms in total. The molecule has 16 heavy (non-hydrogen) atoms. The van der Waals surface area contributed by atoms with Crippen molar-refractivity contribution in [3.8, 4) is 11.5 Å². The Morgan fingerprint density at radius 2 is 1.94 bits per heavy atom. The molecule has 2 rings (SSSR count). The Balaban J connectivity index is 2.57. The van der Waals surface area contributed by atoms with Crippen LogP contribution in [0.2, 0.25) is 0 Å². The zero-order valence-electron chi connectivity index (χ0n) is 9.53. The second kappa shape index (κ2) is 3.89. The van der Waals surface area contributed by atoms with Crippen molar-refractivity contribution in [1.82, 2.24) is 15.0 Å². The molecular weight excluding hydrogens is 202 g/mol. The van der Waals surface area contributed by atoms with E-state index in [1.54, 1.807) is 13.1 Å². The molecule has 0 unspecified atom stereocenters. The van der Waals surface area contributed by atoms with Gasteiger partial charge in [0.2, 0.25) is 0 Å². The van der Waals surface area contributed by atoms with Crippen LogP contribution in [0.1, 0.15) is 16.8 Å². The number of pyridine rings is 1.